The summed E-state index contributed by atoms with van der Waals surface area (Å²) in [5, 5.41) is 2.57. The maximum absolute atomic E-state index is 14.7. The van der Waals surface area contributed by atoms with Crippen LogP contribution in [0.15, 0.2) is 0 Å². The van der Waals surface area contributed by atoms with E-state index >= 15 is 0 Å². The summed E-state index contributed by atoms with van der Waals surface area (Å²) >= 11 is 0. The van der Waals surface area contributed by atoms with Gasteiger partial charge < -0.3 is 14.8 Å². The number of carbonyl (C=O) groups excluding carboxylic acids is 2. The highest BCUT2D eigenvalue weighted by molar-refractivity contribution is 5.81. The van der Waals surface area contributed by atoms with E-state index in [0.717, 1.165) is 32.1 Å². The number of nitrogens with zero attached hydrogens (tertiary/aromatic N) is 1. The number of Topliss-reactive ketones (excluding diaryl/α,β-unsaturated/α-hetero) is 1. The third kappa shape index (κ3) is 7.26. The minimum atomic E-state index is -3.05. The number of rotatable bonds is 11. The standard InChI is InChI=1S/C21H36F2N2O4/c1-3-4-19(26)16-5-7-17(8-6-16)25-11-9-18(21(22,23)15-25)20(27)24-10-12-29-14-13-28-2/h16-18H,3-15H2,1-2H3,(H,24,27). The zero-order valence-corrected chi connectivity index (χ0v) is 17.8. The fraction of sp³-hybridized carbons (Fsp3) is 0.905. The Balaban J connectivity index is 1.75. The third-order valence-electron chi connectivity index (χ3n) is 6.09. The summed E-state index contributed by atoms with van der Waals surface area (Å²) in [5.41, 5.74) is 0. The molecule has 6 nitrogen and oxygen atoms in total. The lowest BCUT2D eigenvalue weighted by Crippen LogP contribution is -2.56. The average molecular weight is 419 g/mol. The SMILES string of the molecule is CCCC(=O)C1CCC(N2CCC(C(=O)NCCOCCOC)C(F)(F)C2)CC1. The minimum Gasteiger partial charge on any atom is -0.382 e. The van der Waals surface area contributed by atoms with E-state index in [1.54, 1.807) is 7.11 Å². The highest BCUT2D eigenvalue weighted by Crippen LogP contribution is 2.37. The first kappa shape index (κ1) is 24.2. The molecule has 2 fully saturated rings. The molecule has 1 amide bonds. The van der Waals surface area contributed by atoms with Crippen molar-refractivity contribution in [2.45, 2.75) is 63.8 Å². The van der Waals surface area contributed by atoms with Crippen molar-refractivity contribution in [3.8, 4) is 0 Å². The highest BCUT2D eigenvalue weighted by atomic mass is 19.3. The van der Waals surface area contributed by atoms with Crippen molar-refractivity contribution in [2.75, 3.05) is 46.6 Å². The largest absolute Gasteiger partial charge is 0.382 e. The number of amides is 1. The lowest BCUT2D eigenvalue weighted by atomic mass is 9.80. The Morgan fingerprint density at radius 2 is 1.83 bits per heavy atom. The van der Waals surface area contributed by atoms with Crippen LogP contribution in [0.5, 0.6) is 0 Å². The summed E-state index contributed by atoms with van der Waals surface area (Å²) in [6.07, 6.45) is 4.78. The number of nitrogens with one attached hydrogen (secondary N) is 1. The van der Waals surface area contributed by atoms with Crippen LogP contribution in [0.4, 0.5) is 8.78 Å². The second-order valence-corrected chi connectivity index (χ2v) is 8.19. The van der Waals surface area contributed by atoms with Crippen molar-refractivity contribution >= 4 is 11.7 Å². The monoisotopic (exact) mass is 418 g/mol. The molecule has 2 rings (SSSR count). The predicted molar refractivity (Wildman–Crippen MR) is 106 cm³/mol. The molecule has 0 radical (unpaired) electrons. The molecule has 1 atom stereocenters. The van der Waals surface area contributed by atoms with Gasteiger partial charge in [-0.25, -0.2) is 8.78 Å². The second-order valence-electron chi connectivity index (χ2n) is 8.19. The summed E-state index contributed by atoms with van der Waals surface area (Å²) in [4.78, 5) is 26.1. The Morgan fingerprint density at radius 3 is 2.45 bits per heavy atom. The number of likely N-dealkylation sites (tertiary alicyclic amines) is 1. The van der Waals surface area contributed by atoms with Crippen LogP contribution in [0.1, 0.15) is 51.9 Å². The Labute approximate surface area is 172 Å². The van der Waals surface area contributed by atoms with Gasteiger partial charge in [-0.2, -0.15) is 0 Å². The van der Waals surface area contributed by atoms with Crippen molar-refractivity contribution in [1.29, 1.82) is 0 Å². The summed E-state index contributed by atoms with van der Waals surface area (Å²) in [6, 6.07) is 0.0877. The molecule has 0 bridgehead atoms. The number of carbonyl (C=O) groups is 2. The van der Waals surface area contributed by atoms with Crippen molar-refractivity contribution < 1.29 is 27.8 Å². The molecule has 1 N–H and O–H groups in total. The number of halogens is 2. The van der Waals surface area contributed by atoms with Gasteiger partial charge in [0.15, 0.2) is 0 Å². The first-order chi connectivity index (χ1) is 13.9. The van der Waals surface area contributed by atoms with Crippen molar-refractivity contribution in [3.63, 3.8) is 0 Å². The number of ketones is 1. The zero-order chi connectivity index (χ0) is 21.3. The van der Waals surface area contributed by atoms with Gasteiger partial charge in [0, 0.05) is 32.0 Å². The van der Waals surface area contributed by atoms with Gasteiger partial charge in [-0.1, -0.05) is 6.92 Å². The van der Waals surface area contributed by atoms with E-state index in [2.05, 4.69) is 5.32 Å². The number of ether oxygens (including phenoxy) is 2. The molecule has 0 aromatic rings. The van der Waals surface area contributed by atoms with E-state index in [1.807, 2.05) is 11.8 Å². The molecule has 1 saturated heterocycles. The van der Waals surface area contributed by atoms with Crippen LogP contribution in [0.3, 0.4) is 0 Å². The number of methoxy groups -OCH3 is 1. The van der Waals surface area contributed by atoms with Crippen LogP contribution in [0.25, 0.3) is 0 Å². The van der Waals surface area contributed by atoms with Crippen LogP contribution in [0, 0.1) is 11.8 Å². The van der Waals surface area contributed by atoms with Gasteiger partial charge in [0.2, 0.25) is 5.91 Å². The van der Waals surface area contributed by atoms with Gasteiger partial charge in [-0.15, -0.1) is 0 Å². The normalized spacial score (nSPS) is 27.5. The molecule has 0 aromatic heterocycles. The molecule has 0 spiro atoms. The van der Waals surface area contributed by atoms with Crippen molar-refractivity contribution in [1.82, 2.24) is 10.2 Å². The third-order valence-corrected chi connectivity index (χ3v) is 6.09. The second kappa shape index (κ2) is 11.9. The van der Waals surface area contributed by atoms with Crippen molar-refractivity contribution in [3.05, 3.63) is 0 Å². The molecule has 0 aromatic carbocycles. The molecular formula is C21H36F2N2O4. The van der Waals surface area contributed by atoms with Crippen LogP contribution >= 0.6 is 0 Å². The predicted octanol–water partition coefficient (Wildman–Crippen LogP) is 2.65. The first-order valence-corrected chi connectivity index (χ1v) is 10.9. The lowest BCUT2D eigenvalue weighted by Gasteiger charge is -2.43. The maximum atomic E-state index is 14.7. The van der Waals surface area contributed by atoms with Gasteiger partial charge in [0.25, 0.3) is 5.92 Å². The van der Waals surface area contributed by atoms with Crippen LogP contribution in [-0.4, -0.2) is 75.1 Å². The van der Waals surface area contributed by atoms with Crippen LogP contribution in [-0.2, 0) is 19.1 Å². The molecule has 1 unspecified atom stereocenters. The molecule has 1 aliphatic heterocycles. The fourth-order valence-electron chi connectivity index (χ4n) is 4.43. The number of piperidine rings is 1. The Kier molecular flexibility index (Phi) is 9.92. The van der Waals surface area contributed by atoms with E-state index in [9.17, 15) is 18.4 Å². The van der Waals surface area contributed by atoms with Gasteiger partial charge >= 0.3 is 0 Å². The van der Waals surface area contributed by atoms with Crippen LogP contribution < -0.4 is 5.32 Å². The van der Waals surface area contributed by atoms with E-state index in [1.165, 1.54) is 0 Å². The number of alkyl halides is 2. The van der Waals surface area contributed by atoms with E-state index < -0.39 is 17.7 Å². The average Bonchev–Trinajstić information content (AvgIpc) is 2.70. The van der Waals surface area contributed by atoms with Gasteiger partial charge in [0.1, 0.15) is 11.7 Å². The topological polar surface area (TPSA) is 67.9 Å². The van der Waals surface area contributed by atoms with Gasteiger partial charge in [-0.3, -0.25) is 14.5 Å². The van der Waals surface area contributed by atoms with Gasteiger partial charge in [0.05, 0.1) is 26.4 Å². The number of hydrogen-bond acceptors (Lipinski definition) is 5. The molecule has 1 saturated carbocycles. The lowest BCUT2D eigenvalue weighted by molar-refractivity contribution is -0.155. The molecule has 1 heterocycles. The highest BCUT2D eigenvalue weighted by Gasteiger charge is 2.49. The molecule has 29 heavy (non-hydrogen) atoms. The summed E-state index contributed by atoms with van der Waals surface area (Å²) in [5.74, 6) is -4.52. The zero-order valence-electron chi connectivity index (χ0n) is 17.8. The van der Waals surface area contributed by atoms with Crippen molar-refractivity contribution in [2.24, 2.45) is 11.8 Å². The minimum absolute atomic E-state index is 0.0877. The summed E-state index contributed by atoms with van der Waals surface area (Å²) < 4.78 is 39.5. The summed E-state index contributed by atoms with van der Waals surface area (Å²) in [6.45, 7) is 3.48. The van der Waals surface area contributed by atoms with E-state index in [-0.39, 0.29) is 38.1 Å². The maximum Gasteiger partial charge on any atom is 0.272 e. The smallest absolute Gasteiger partial charge is 0.272 e. The Hall–Kier alpha value is -1.12. The molecule has 8 heteroatoms. The molecular weight excluding hydrogens is 382 g/mol. The molecule has 1 aliphatic carbocycles. The quantitative estimate of drug-likeness (QED) is 0.523. The molecule has 2 aliphatic rings. The fourth-order valence-corrected chi connectivity index (χ4v) is 4.43. The first-order valence-electron chi connectivity index (χ1n) is 10.9. The van der Waals surface area contributed by atoms with Gasteiger partial charge in [-0.05, 0) is 45.1 Å². The summed E-state index contributed by atoms with van der Waals surface area (Å²) in [7, 11) is 1.57. The number of hydrogen-bond donors (Lipinski definition) is 1. The van der Waals surface area contributed by atoms with E-state index in [4.69, 9.17) is 9.47 Å². The van der Waals surface area contributed by atoms with Crippen LogP contribution in [0.2, 0.25) is 0 Å². The van der Waals surface area contributed by atoms with E-state index in [0.29, 0.717) is 32.0 Å². The Bertz CT molecular complexity index is 525. The Morgan fingerprint density at radius 1 is 1.10 bits per heavy atom. The molecule has 168 valence electrons.